The summed E-state index contributed by atoms with van der Waals surface area (Å²) in [6.45, 7) is 4.25. The van der Waals surface area contributed by atoms with Crippen molar-refractivity contribution < 1.29 is 13.2 Å². The van der Waals surface area contributed by atoms with Crippen molar-refractivity contribution >= 4 is 16.0 Å². The van der Waals surface area contributed by atoms with E-state index in [1.165, 1.54) is 12.1 Å². The van der Waals surface area contributed by atoms with Crippen LogP contribution >= 0.6 is 0 Å². The highest BCUT2D eigenvalue weighted by molar-refractivity contribution is 7.89. The van der Waals surface area contributed by atoms with Crippen LogP contribution in [0.3, 0.4) is 0 Å². The second kappa shape index (κ2) is 9.79. The molecular formula is C18H24N4O3S. The molecule has 0 aliphatic carbocycles. The van der Waals surface area contributed by atoms with E-state index in [2.05, 4.69) is 15.6 Å². The quantitative estimate of drug-likeness (QED) is 0.367. The van der Waals surface area contributed by atoms with Crippen molar-refractivity contribution in [3.8, 4) is 5.75 Å². The molecule has 0 saturated carbocycles. The largest absolute Gasteiger partial charge is 0.492 e. The Morgan fingerprint density at radius 1 is 1.08 bits per heavy atom. The summed E-state index contributed by atoms with van der Waals surface area (Å²) in [4.78, 5) is 4.57. The molecule has 0 saturated heterocycles. The standard InChI is InChI=1S/C18H24N4O3S/c1-2-20-18(21-12-13-25-16-6-4-3-5-7-16)22-14-15-8-10-17(11-9-15)26(19,23)24/h3-11H,2,12-14H2,1H3,(H2,19,23,24)(H2,20,21,22). The summed E-state index contributed by atoms with van der Waals surface area (Å²) >= 11 is 0. The average Bonchev–Trinajstić information content (AvgIpc) is 2.63. The first-order valence-corrected chi connectivity index (χ1v) is 9.85. The topological polar surface area (TPSA) is 106 Å². The van der Waals surface area contributed by atoms with Gasteiger partial charge < -0.3 is 15.4 Å². The molecule has 0 aliphatic heterocycles. The average molecular weight is 376 g/mol. The summed E-state index contributed by atoms with van der Waals surface area (Å²) < 4.78 is 28.2. The maximum Gasteiger partial charge on any atom is 0.238 e. The van der Waals surface area contributed by atoms with Crippen LogP contribution < -0.4 is 20.5 Å². The molecule has 2 rings (SSSR count). The molecular weight excluding hydrogens is 352 g/mol. The molecule has 0 aliphatic rings. The smallest absolute Gasteiger partial charge is 0.238 e. The van der Waals surface area contributed by atoms with Gasteiger partial charge in [-0.05, 0) is 36.8 Å². The third kappa shape index (κ3) is 6.73. The Balaban J connectivity index is 1.85. The molecule has 0 heterocycles. The zero-order valence-electron chi connectivity index (χ0n) is 14.7. The number of nitrogens with zero attached hydrogens (tertiary/aromatic N) is 1. The number of sulfonamides is 1. The molecule has 7 nitrogen and oxygen atoms in total. The fourth-order valence-corrected chi connectivity index (χ4v) is 2.67. The molecule has 2 aromatic carbocycles. The molecule has 8 heteroatoms. The van der Waals surface area contributed by atoms with Gasteiger partial charge in [0.1, 0.15) is 12.4 Å². The summed E-state index contributed by atoms with van der Waals surface area (Å²) in [6, 6.07) is 16.0. The molecule has 0 fully saturated rings. The van der Waals surface area contributed by atoms with Crippen LogP contribution in [0.15, 0.2) is 64.5 Å². The predicted molar refractivity (Wildman–Crippen MR) is 103 cm³/mol. The Hall–Kier alpha value is -2.58. The number of aliphatic imine (C=N–C) groups is 1. The number of hydrogen-bond donors (Lipinski definition) is 3. The number of nitrogens with two attached hydrogens (primary N) is 1. The molecule has 0 atom stereocenters. The summed E-state index contributed by atoms with van der Waals surface area (Å²) in [5.74, 6) is 1.49. The molecule has 4 N–H and O–H groups in total. The van der Waals surface area contributed by atoms with Gasteiger partial charge in [0.05, 0.1) is 18.0 Å². The lowest BCUT2D eigenvalue weighted by molar-refractivity contribution is 0.322. The van der Waals surface area contributed by atoms with E-state index >= 15 is 0 Å². The van der Waals surface area contributed by atoms with Crippen molar-refractivity contribution in [3.63, 3.8) is 0 Å². The second-order valence-electron chi connectivity index (χ2n) is 5.47. The monoisotopic (exact) mass is 376 g/mol. The second-order valence-corrected chi connectivity index (χ2v) is 7.03. The number of primary sulfonamides is 1. The minimum atomic E-state index is -3.67. The summed E-state index contributed by atoms with van der Waals surface area (Å²) in [5, 5.41) is 11.4. The predicted octanol–water partition coefficient (Wildman–Crippen LogP) is 1.47. The first-order valence-electron chi connectivity index (χ1n) is 8.31. The van der Waals surface area contributed by atoms with E-state index in [0.717, 1.165) is 17.9 Å². The van der Waals surface area contributed by atoms with Gasteiger partial charge in [0.15, 0.2) is 5.96 Å². The van der Waals surface area contributed by atoms with Gasteiger partial charge in [-0.15, -0.1) is 0 Å². The minimum Gasteiger partial charge on any atom is -0.492 e. The van der Waals surface area contributed by atoms with Gasteiger partial charge in [0, 0.05) is 6.54 Å². The first kappa shape index (κ1) is 19.7. The summed E-state index contributed by atoms with van der Waals surface area (Å²) in [6.07, 6.45) is 0. The summed E-state index contributed by atoms with van der Waals surface area (Å²) in [7, 11) is -3.67. The summed E-state index contributed by atoms with van der Waals surface area (Å²) in [5.41, 5.74) is 0.884. The molecule has 26 heavy (non-hydrogen) atoms. The van der Waals surface area contributed by atoms with E-state index in [1.807, 2.05) is 37.3 Å². The number of rotatable bonds is 8. The van der Waals surface area contributed by atoms with E-state index in [4.69, 9.17) is 9.88 Å². The number of nitrogens with one attached hydrogen (secondary N) is 2. The third-order valence-corrected chi connectivity index (χ3v) is 4.35. The van der Waals surface area contributed by atoms with Gasteiger partial charge in [0.25, 0.3) is 0 Å². The van der Waals surface area contributed by atoms with E-state index in [0.29, 0.717) is 25.7 Å². The molecule has 2 aromatic rings. The normalized spacial score (nSPS) is 11.8. The molecule has 140 valence electrons. The lowest BCUT2D eigenvalue weighted by Crippen LogP contribution is -2.39. The van der Waals surface area contributed by atoms with Crippen LogP contribution in [0.4, 0.5) is 0 Å². The van der Waals surface area contributed by atoms with Crippen LogP contribution in [0, 0.1) is 0 Å². The number of ether oxygens (including phenoxy) is 1. The van der Waals surface area contributed by atoms with Crippen LogP contribution in [0.5, 0.6) is 5.75 Å². The minimum absolute atomic E-state index is 0.0910. The van der Waals surface area contributed by atoms with Crippen molar-refractivity contribution in [1.29, 1.82) is 0 Å². The fourth-order valence-electron chi connectivity index (χ4n) is 2.15. The Labute approximate surface area is 154 Å². The van der Waals surface area contributed by atoms with Crippen LogP contribution in [0.25, 0.3) is 0 Å². The Kier molecular flexibility index (Phi) is 7.43. The number of guanidine groups is 1. The molecule has 0 spiro atoms. The van der Waals surface area contributed by atoms with Crippen LogP contribution in [-0.4, -0.2) is 34.1 Å². The Bertz CT molecular complexity index is 806. The van der Waals surface area contributed by atoms with E-state index in [9.17, 15) is 8.42 Å². The number of hydrogen-bond acceptors (Lipinski definition) is 4. The first-order chi connectivity index (χ1) is 12.5. The van der Waals surface area contributed by atoms with Gasteiger partial charge in [-0.25, -0.2) is 18.5 Å². The Morgan fingerprint density at radius 2 is 1.77 bits per heavy atom. The van der Waals surface area contributed by atoms with E-state index in [-0.39, 0.29) is 4.90 Å². The van der Waals surface area contributed by atoms with Crippen LogP contribution in [0.2, 0.25) is 0 Å². The zero-order chi connectivity index (χ0) is 18.8. The van der Waals surface area contributed by atoms with Crippen molar-refractivity contribution in [2.75, 3.05) is 19.7 Å². The van der Waals surface area contributed by atoms with E-state index in [1.54, 1.807) is 12.1 Å². The highest BCUT2D eigenvalue weighted by Gasteiger charge is 2.06. The van der Waals surface area contributed by atoms with Gasteiger partial charge in [-0.1, -0.05) is 30.3 Å². The van der Waals surface area contributed by atoms with Crippen molar-refractivity contribution in [3.05, 3.63) is 60.2 Å². The fraction of sp³-hybridized carbons (Fsp3) is 0.278. The molecule has 0 aromatic heterocycles. The van der Waals surface area contributed by atoms with Crippen LogP contribution in [0.1, 0.15) is 12.5 Å². The van der Waals surface area contributed by atoms with Crippen LogP contribution in [-0.2, 0) is 16.6 Å². The highest BCUT2D eigenvalue weighted by Crippen LogP contribution is 2.09. The third-order valence-electron chi connectivity index (χ3n) is 3.42. The molecule has 0 amide bonds. The van der Waals surface area contributed by atoms with Gasteiger partial charge in [-0.2, -0.15) is 0 Å². The van der Waals surface area contributed by atoms with Gasteiger partial charge in [0.2, 0.25) is 10.0 Å². The maximum absolute atomic E-state index is 11.3. The number of benzene rings is 2. The van der Waals surface area contributed by atoms with Gasteiger partial charge >= 0.3 is 0 Å². The molecule has 0 bridgehead atoms. The highest BCUT2D eigenvalue weighted by atomic mass is 32.2. The van der Waals surface area contributed by atoms with Crippen molar-refractivity contribution in [1.82, 2.24) is 10.6 Å². The number of para-hydroxylation sites is 1. The zero-order valence-corrected chi connectivity index (χ0v) is 15.5. The lowest BCUT2D eigenvalue weighted by atomic mass is 10.2. The maximum atomic E-state index is 11.3. The lowest BCUT2D eigenvalue weighted by Gasteiger charge is -2.12. The SMILES string of the molecule is CCNC(=NCc1ccc(S(N)(=O)=O)cc1)NCCOc1ccccc1. The Morgan fingerprint density at radius 3 is 2.38 bits per heavy atom. The molecule has 0 unspecified atom stereocenters. The van der Waals surface area contributed by atoms with Crippen molar-refractivity contribution in [2.24, 2.45) is 10.1 Å². The van der Waals surface area contributed by atoms with E-state index < -0.39 is 10.0 Å². The van der Waals surface area contributed by atoms with Crippen molar-refractivity contribution in [2.45, 2.75) is 18.4 Å². The molecule has 0 radical (unpaired) electrons. The van der Waals surface area contributed by atoms with Gasteiger partial charge in [-0.3, -0.25) is 0 Å².